The molecule has 0 aromatic carbocycles. The summed E-state index contributed by atoms with van der Waals surface area (Å²) in [6.07, 6.45) is 1.92. The summed E-state index contributed by atoms with van der Waals surface area (Å²) < 4.78 is 0. The number of nitrogens with zero attached hydrogens (tertiary/aromatic N) is 3. The number of aromatic nitrogens is 2. The van der Waals surface area contributed by atoms with E-state index in [4.69, 9.17) is 0 Å². The second kappa shape index (κ2) is 6.10. The highest BCUT2D eigenvalue weighted by Crippen LogP contribution is 2.23. The van der Waals surface area contributed by atoms with Crippen molar-refractivity contribution in [1.82, 2.24) is 20.2 Å². The van der Waals surface area contributed by atoms with E-state index in [9.17, 15) is 4.79 Å². The first kappa shape index (κ1) is 15.9. The van der Waals surface area contributed by atoms with Crippen molar-refractivity contribution in [3.63, 3.8) is 0 Å². The fraction of sp³-hybridized carbons (Fsp3) is 0.688. The normalized spacial score (nSPS) is 18.8. The third kappa shape index (κ3) is 4.00. The third-order valence-electron chi connectivity index (χ3n) is 4.23. The van der Waals surface area contributed by atoms with Gasteiger partial charge < -0.3 is 10.2 Å². The SMILES string of the molecule is Cc1cc(C)nc(C(=O)NC2(C)CCN(C(C)C)CC2)n1. The van der Waals surface area contributed by atoms with E-state index in [2.05, 4.69) is 41.0 Å². The molecule has 1 aromatic rings. The molecule has 21 heavy (non-hydrogen) atoms. The van der Waals surface area contributed by atoms with Gasteiger partial charge in [0, 0.05) is 36.1 Å². The summed E-state index contributed by atoms with van der Waals surface area (Å²) in [5.41, 5.74) is 1.49. The van der Waals surface area contributed by atoms with Gasteiger partial charge >= 0.3 is 0 Å². The summed E-state index contributed by atoms with van der Waals surface area (Å²) in [5, 5.41) is 3.13. The average Bonchev–Trinajstić information content (AvgIpc) is 2.37. The lowest BCUT2D eigenvalue weighted by molar-refractivity contribution is 0.0791. The van der Waals surface area contributed by atoms with Crippen LogP contribution in [0, 0.1) is 13.8 Å². The molecule has 2 rings (SSSR count). The maximum absolute atomic E-state index is 12.4. The van der Waals surface area contributed by atoms with Crippen LogP contribution in [0.1, 0.15) is 55.6 Å². The molecule has 5 heteroatoms. The molecule has 2 heterocycles. The molecular formula is C16H26N4O. The quantitative estimate of drug-likeness (QED) is 0.926. The fourth-order valence-corrected chi connectivity index (χ4v) is 2.82. The van der Waals surface area contributed by atoms with Gasteiger partial charge in [-0.25, -0.2) is 9.97 Å². The lowest BCUT2D eigenvalue weighted by Crippen LogP contribution is -2.54. The Labute approximate surface area is 127 Å². The van der Waals surface area contributed by atoms with Crippen LogP contribution in [0.4, 0.5) is 0 Å². The largest absolute Gasteiger partial charge is 0.344 e. The Kier molecular flexibility index (Phi) is 4.61. The number of rotatable bonds is 3. The van der Waals surface area contributed by atoms with Crippen LogP contribution in [0.5, 0.6) is 0 Å². The van der Waals surface area contributed by atoms with Crippen molar-refractivity contribution in [1.29, 1.82) is 0 Å². The Balaban J connectivity index is 2.02. The van der Waals surface area contributed by atoms with Crippen molar-refractivity contribution in [3.8, 4) is 0 Å². The molecule has 0 spiro atoms. The minimum Gasteiger partial charge on any atom is -0.344 e. The number of nitrogens with one attached hydrogen (secondary N) is 1. The van der Waals surface area contributed by atoms with Gasteiger partial charge in [-0.1, -0.05) is 0 Å². The zero-order valence-corrected chi connectivity index (χ0v) is 13.7. The van der Waals surface area contributed by atoms with Gasteiger partial charge in [-0.05, 0) is 53.5 Å². The van der Waals surface area contributed by atoms with Gasteiger partial charge in [-0.3, -0.25) is 4.79 Å². The van der Waals surface area contributed by atoms with E-state index < -0.39 is 0 Å². The molecular weight excluding hydrogens is 264 g/mol. The van der Waals surface area contributed by atoms with Gasteiger partial charge in [-0.15, -0.1) is 0 Å². The summed E-state index contributed by atoms with van der Waals surface area (Å²) in [4.78, 5) is 23.3. The van der Waals surface area contributed by atoms with Crippen molar-refractivity contribution >= 4 is 5.91 Å². The molecule has 1 aliphatic heterocycles. The first-order valence-corrected chi connectivity index (χ1v) is 7.68. The number of aryl methyl sites for hydroxylation is 2. The summed E-state index contributed by atoms with van der Waals surface area (Å²) in [6.45, 7) is 12.3. The van der Waals surface area contributed by atoms with Crippen LogP contribution >= 0.6 is 0 Å². The van der Waals surface area contributed by atoms with E-state index in [1.165, 1.54) is 0 Å². The Morgan fingerprint density at radius 1 is 1.24 bits per heavy atom. The van der Waals surface area contributed by atoms with E-state index in [0.29, 0.717) is 6.04 Å². The minimum atomic E-state index is -0.165. The molecule has 116 valence electrons. The van der Waals surface area contributed by atoms with Crippen LogP contribution in [-0.4, -0.2) is 45.4 Å². The van der Waals surface area contributed by atoms with Crippen molar-refractivity contribution in [2.45, 2.75) is 59.0 Å². The molecule has 0 atom stereocenters. The van der Waals surface area contributed by atoms with E-state index >= 15 is 0 Å². The maximum Gasteiger partial charge on any atom is 0.289 e. The molecule has 1 fully saturated rings. The van der Waals surface area contributed by atoms with Crippen molar-refractivity contribution < 1.29 is 4.79 Å². The highest BCUT2D eigenvalue weighted by molar-refractivity contribution is 5.91. The van der Waals surface area contributed by atoms with Gasteiger partial charge in [0.1, 0.15) is 0 Å². The zero-order chi connectivity index (χ0) is 15.6. The molecule has 0 unspecified atom stereocenters. The summed E-state index contributed by atoms with van der Waals surface area (Å²) >= 11 is 0. The highest BCUT2D eigenvalue weighted by Gasteiger charge is 2.33. The summed E-state index contributed by atoms with van der Waals surface area (Å²) in [7, 11) is 0. The Bertz CT molecular complexity index is 499. The number of hydrogen-bond acceptors (Lipinski definition) is 4. The zero-order valence-electron chi connectivity index (χ0n) is 13.7. The van der Waals surface area contributed by atoms with Crippen molar-refractivity contribution in [2.75, 3.05) is 13.1 Å². The standard InChI is InChI=1S/C16H26N4O/c1-11(2)20-8-6-16(5,7-9-20)19-15(21)14-17-12(3)10-13(4)18-14/h10-11H,6-9H2,1-5H3,(H,19,21). The number of carbonyl (C=O) groups is 1. The average molecular weight is 290 g/mol. The number of piperidine rings is 1. The first-order chi connectivity index (χ1) is 9.79. The molecule has 1 N–H and O–H groups in total. The fourth-order valence-electron chi connectivity index (χ4n) is 2.82. The number of carbonyl (C=O) groups excluding carboxylic acids is 1. The molecule has 1 amide bonds. The van der Waals surface area contributed by atoms with Gasteiger partial charge in [0.25, 0.3) is 5.91 Å². The lowest BCUT2D eigenvalue weighted by atomic mass is 9.89. The lowest BCUT2D eigenvalue weighted by Gasteiger charge is -2.41. The molecule has 0 aliphatic carbocycles. The molecule has 0 saturated carbocycles. The van der Waals surface area contributed by atoms with Crippen molar-refractivity contribution in [2.24, 2.45) is 0 Å². The molecule has 1 saturated heterocycles. The van der Waals surface area contributed by atoms with Crippen LogP contribution < -0.4 is 5.32 Å². The van der Waals surface area contributed by atoms with Gasteiger partial charge in [0.15, 0.2) is 0 Å². The smallest absolute Gasteiger partial charge is 0.289 e. The molecule has 1 aliphatic rings. The minimum absolute atomic E-state index is 0.163. The van der Waals surface area contributed by atoms with Gasteiger partial charge in [0.05, 0.1) is 0 Å². The van der Waals surface area contributed by atoms with E-state index in [1.807, 2.05) is 19.9 Å². The second-order valence-corrected chi connectivity index (χ2v) is 6.62. The van der Waals surface area contributed by atoms with Gasteiger partial charge in [0.2, 0.25) is 5.82 Å². The predicted octanol–water partition coefficient (Wildman–Crippen LogP) is 2.09. The molecule has 0 bridgehead atoms. The topological polar surface area (TPSA) is 58.1 Å². The van der Waals surface area contributed by atoms with Crippen molar-refractivity contribution in [3.05, 3.63) is 23.3 Å². The van der Waals surface area contributed by atoms with Crippen LogP contribution in [0.25, 0.3) is 0 Å². The monoisotopic (exact) mass is 290 g/mol. The Morgan fingerprint density at radius 3 is 2.24 bits per heavy atom. The second-order valence-electron chi connectivity index (χ2n) is 6.62. The molecule has 1 aromatic heterocycles. The molecule has 5 nitrogen and oxygen atoms in total. The number of likely N-dealkylation sites (tertiary alicyclic amines) is 1. The van der Waals surface area contributed by atoms with Crippen LogP contribution in [-0.2, 0) is 0 Å². The number of amides is 1. The highest BCUT2D eigenvalue weighted by atomic mass is 16.2. The van der Waals surface area contributed by atoms with E-state index in [0.717, 1.165) is 37.3 Å². The third-order valence-corrected chi connectivity index (χ3v) is 4.23. The predicted molar refractivity (Wildman–Crippen MR) is 83.3 cm³/mol. The van der Waals surface area contributed by atoms with Crippen LogP contribution in [0.15, 0.2) is 6.07 Å². The Morgan fingerprint density at radius 2 is 1.76 bits per heavy atom. The number of hydrogen-bond donors (Lipinski definition) is 1. The van der Waals surface area contributed by atoms with E-state index in [-0.39, 0.29) is 17.3 Å². The Hall–Kier alpha value is -1.49. The van der Waals surface area contributed by atoms with Crippen LogP contribution in [0.3, 0.4) is 0 Å². The molecule has 0 radical (unpaired) electrons. The summed E-state index contributed by atoms with van der Waals surface area (Å²) in [6, 6.07) is 2.44. The van der Waals surface area contributed by atoms with Crippen LogP contribution in [0.2, 0.25) is 0 Å². The maximum atomic E-state index is 12.4. The first-order valence-electron chi connectivity index (χ1n) is 7.68. The van der Waals surface area contributed by atoms with E-state index in [1.54, 1.807) is 0 Å². The summed E-state index contributed by atoms with van der Waals surface area (Å²) in [5.74, 6) is 0.113. The van der Waals surface area contributed by atoms with Gasteiger partial charge in [-0.2, -0.15) is 0 Å².